The van der Waals surface area contributed by atoms with Crippen molar-refractivity contribution in [2.24, 2.45) is 0 Å². The molecule has 1 aliphatic heterocycles. The minimum absolute atomic E-state index is 0.239. The highest BCUT2D eigenvalue weighted by molar-refractivity contribution is 5.69. The number of rotatable bonds is 6. The predicted octanol–water partition coefficient (Wildman–Crippen LogP) is 1.80. The lowest BCUT2D eigenvalue weighted by atomic mass is 10.1. The van der Waals surface area contributed by atoms with Crippen LogP contribution in [0.1, 0.15) is 45.4 Å². The Morgan fingerprint density at radius 1 is 1.22 bits per heavy atom. The molecular weight excluding hydrogens is 228 g/mol. The van der Waals surface area contributed by atoms with Crippen molar-refractivity contribution < 1.29 is 9.90 Å². The van der Waals surface area contributed by atoms with Crippen LogP contribution in [0.15, 0.2) is 0 Å². The van der Waals surface area contributed by atoms with Gasteiger partial charge >= 0.3 is 5.97 Å². The zero-order valence-corrected chi connectivity index (χ0v) is 11.5. The first kappa shape index (κ1) is 13.8. The molecule has 1 unspecified atom stereocenters. The van der Waals surface area contributed by atoms with Crippen LogP contribution in [-0.2, 0) is 4.79 Å². The summed E-state index contributed by atoms with van der Waals surface area (Å²) in [4.78, 5) is 15.8. The third-order valence-electron chi connectivity index (χ3n) is 4.13. The number of carbonyl (C=O) groups is 1. The molecule has 4 nitrogen and oxygen atoms in total. The molecule has 0 aromatic rings. The second kappa shape index (κ2) is 6.53. The highest BCUT2D eigenvalue weighted by Gasteiger charge is 2.35. The Morgan fingerprint density at radius 3 is 2.56 bits per heavy atom. The summed E-state index contributed by atoms with van der Waals surface area (Å²) >= 11 is 0. The number of carboxylic acid groups (broad SMARTS) is 1. The van der Waals surface area contributed by atoms with E-state index in [4.69, 9.17) is 5.11 Å². The average molecular weight is 254 g/mol. The summed E-state index contributed by atoms with van der Waals surface area (Å²) in [5, 5.41) is 9.05. The van der Waals surface area contributed by atoms with Gasteiger partial charge in [-0.25, -0.2) is 0 Å². The first-order valence-electron chi connectivity index (χ1n) is 7.40. The Morgan fingerprint density at radius 2 is 1.94 bits per heavy atom. The number of aliphatic carboxylic acids is 1. The van der Waals surface area contributed by atoms with Crippen molar-refractivity contribution in [1.82, 2.24) is 9.80 Å². The summed E-state index contributed by atoms with van der Waals surface area (Å²) < 4.78 is 0. The van der Waals surface area contributed by atoms with E-state index < -0.39 is 5.97 Å². The lowest BCUT2D eigenvalue weighted by Crippen LogP contribution is -2.41. The zero-order chi connectivity index (χ0) is 13.0. The lowest BCUT2D eigenvalue weighted by molar-refractivity contribution is -0.139. The molecule has 0 amide bonds. The fourth-order valence-corrected chi connectivity index (χ4v) is 3.13. The molecule has 0 aromatic carbocycles. The molecule has 4 heteroatoms. The normalized spacial score (nSPS) is 26.2. The standard InChI is InChI=1S/C14H26N2O2/c1-2-8-15-9-3-4-12(7-10-15)16(11-14(17)18)13-5-6-13/h12-13H,2-11H2,1H3,(H,17,18). The van der Waals surface area contributed by atoms with Gasteiger partial charge in [0.2, 0.25) is 0 Å². The monoisotopic (exact) mass is 254 g/mol. The van der Waals surface area contributed by atoms with Gasteiger partial charge in [0, 0.05) is 12.1 Å². The molecule has 1 N–H and O–H groups in total. The minimum atomic E-state index is -0.670. The van der Waals surface area contributed by atoms with Crippen molar-refractivity contribution in [3.8, 4) is 0 Å². The van der Waals surface area contributed by atoms with Gasteiger partial charge in [-0.15, -0.1) is 0 Å². The fraction of sp³-hybridized carbons (Fsp3) is 0.929. The molecule has 1 saturated heterocycles. The van der Waals surface area contributed by atoms with E-state index in [0.717, 1.165) is 13.0 Å². The maximum atomic E-state index is 11.0. The molecule has 0 radical (unpaired) electrons. The molecule has 1 atom stereocenters. The van der Waals surface area contributed by atoms with Gasteiger partial charge in [-0.2, -0.15) is 0 Å². The first-order chi connectivity index (χ1) is 8.70. The number of hydrogen-bond donors (Lipinski definition) is 1. The van der Waals surface area contributed by atoms with Crippen LogP contribution in [0.2, 0.25) is 0 Å². The maximum Gasteiger partial charge on any atom is 0.317 e. The Bertz CT molecular complexity index is 279. The van der Waals surface area contributed by atoms with E-state index in [1.54, 1.807) is 0 Å². The van der Waals surface area contributed by atoms with Crippen LogP contribution in [-0.4, -0.2) is 59.1 Å². The molecule has 1 aliphatic carbocycles. The Balaban J connectivity index is 1.88. The smallest absolute Gasteiger partial charge is 0.317 e. The van der Waals surface area contributed by atoms with Crippen LogP contribution in [0.4, 0.5) is 0 Å². The summed E-state index contributed by atoms with van der Waals surface area (Å²) in [5.74, 6) is -0.670. The summed E-state index contributed by atoms with van der Waals surface area (Å²) in [5.41, 5.74) is 0. The van der Waals surface area contributed by atoms with Crippen LogP contribution in [0, 0.1) is 0 Å². The van der Waals surface area contributed by atoms with Crippen LogP contribution >= 0.6 is 0 Å². The van der Waals surface area contributed by atoms with Crippen molar-refractivity contribution >= 4 is 5.97 Å². The van der Waals surface area contributed by atoms with Crippen molar-refractivity contribution in [2.45, 2.75) is 57.5 Å². The third-order valence-corrected chi connectivity index (χ3v) is 4.13. The van der Waals surface area contributed by atoms with Crippen LogP contribution < -0.4 is 0 Å². The van der Waals surface area contributed by atoms with Gasteiger partial charge in [-0.1, -0.05) is 6.92 Å². The minimum Gasteiger partial charge on any atom is -0.480 e. The van der Waals surface area contributed by atoms with Crippen LogP contribution in [0.5, 0.6) is 0 Å². The quantitative estimate of drug-likeness (QED) is 0.785. The Hall–Kier alpha value is -0.610. The van der Waals surface area contributed by atoms with Crippen LogP contribution in [0.3, 0.4) is 0 Å². The number of carboxylic acids is 1. The van der Waals surface area contributed by atoms with Crippen molar-refractivity contribution in [2.75, 3.05) is 26.2 Å². The fourth-order valence-electron chi connectivity index (χ4n) is 3.13. The molecule has 0 spiro atoms. The first-order valence-corrected chi connectivity index (χ1v) is 7.40. The van der Waals surface area contributed by atoms with Crippen molar-refractivity contribution in [3.63, 3.8) is 0 Å². The second-order valence-electron chi connectivity index (χ2n) is 5.72. The maximum absolute atomic E-state index is 11.0. The molecule has 2 rings (SSSR count). The van der Waals surface area contributed by atoms with E-state index in [-0.39, 0.29) is 6.54 Å². The molecule has 1 saturated carbocycles. The molecule has 1 heterocycles. The summed E-state index contributed by atoms with van der Waals surface area (Å²) in [7, 11) is 0. The highest BCUT2D eigenvalue weighted by atomic mass is 16.4. The van der Waals surface area contributed by atoms with Crippen molar-refractivity contribution in [1.29, 1.82) is 0 Å². The second-order valence-corrected chi connectivity index (χ2v) is 5.72. The van der Waals surface area contributed by atoms with Crippen molar-refractivity contribution in [3.05, 3.63) is 0 Å². The number of likely N-dealkylation sites (tertiary alicyclic amines) is 1. The molecule has 18 heavy (non-hydrogen) atoms. The van der Waals surface area contributed by atoms with E-state index in [0.29, 0.717) is 12.1 Å². The average Bonchev–Trinajstić information content (AvgIpc) is 3.14. The third kappa shape index (κ3) is 3.95. The zero-order valence-electron chi connectivity index (χ0n) is 11.5. The van der Waals surface area contributed by atoms with Gasteiger partial charge in [0.15, 0.2) is 0 Å². The summed E-state index contributed by atoms with van der Waals surface area (Å²) in [6.07, 6.45) is 7.14. The predicted molar refractivity (Wildman–Crippen MR) is 71.7 cm³/mol. The Labute approximate surface area is 110 Å². The summed E-state index contributed by atoms with van der Waals surface area (Å²) in [6, 6.07) is 1.05. The van der Waals surface area contributed by atoms with Gasteiger partial charge < -0.3 is 10.0 Å². The van der Waals surface area contributed by atoms with Gasteiger partial charge in [0.1, 0.15) is 0 Å². The number of nitrogens with zero attached hydrogens (tertiary/aromatic N) is 2. The van der Waals surface area contributed by atoms with Crippen LogP contribution in [0.25, 0.3) is 0 Å². The summed E-state index contributed by atoms with van der Waals surface area (Å²) in [6.45, 7) is 5.98. The van der Waals surface area contributed by atoms with E-state index in [1.165, 1.54) is 45.2 Å². The lowest BCUT2D eigenvalue weighted by Gasteiger charge is -2.29. The molecule has 2 aliphatic rings. The SMILES string of the molecule is CCCN1CCCC(N(CC(=O)O)C2CC2)CC1. The van der Waals surface area contributed by atoms with E-state index in [9.17, 15) is 4.79 Å². The topological polar surface area (TPSA) is 43.8 Å². The Kier molecular flexibility index (Phi) is 5.01. The molecular formula is C14H26N2O2. The van der Waals surface area contributed by atoms with E-state index >= 15 is 0 Å². The molecule has 0 aromatic heterocycles. The van der Waals surface area contributed by atoms with Gasteiger partial charge in [0.05, 0.1) is 6.54 Å². The molecule has 104 valence electrons. The largest absolute Gasteiger partial charge is 0.480 e. The van der Waals surface area contributed by atoms with Gasteiger partial charge in [0.25, 0.3) is 0 Å². The van der Waals surface area contributed by atoms with Gasteiger partial charge in [-0.3, -0.25) is 9.69 Å². The van der Waals surface area contributed by atoms with E-state index in [1.807, 2.05) is 0 Å². The van der Waals surface area contributed by atoms with Gasteiger partial charge in [-0.05, 0) is 58.2 Å². The molecule has 0 bridgehead atoms. The highest BCUT2D eigenvalue weighted by Crippen LogP contribution is 2.31. The number of hydrogen-bond acceptors (Lipinski definition) is 3. The molecule has 2 fully saturated rings. The van der Waals surface area contributed by atoms with E-state index in [2.05, 4.69) is 16.7 Å².